The number of nitrogens with zero attached hydrogens (tertiary/aromatic N) is 1. The number of hydrogen-bond acceptors (Lipinski definition) is 2. The lowest BCUT2D eigenvalue weighted by molar-refractivity contribution is 0.706. The van der Waals surface area contributed by atoms with E-state index >= 15 is 0 Å². The standard InChI is InChI=1S/C10H19N3/c1-4-9-8(2)12-10(13-9)6-5-7-11-3/h11H,4-7H2,1-3H3,(H,12,13). The van der Waals surface area contributed by atoms with Crippen molar-refractivity contribution in [3.8, 4) is 0 Å². The first kappa shape index (κ1) is 10.3. The van der Waals surface area contributed by atoms with Gasteiger partial charge >= 0.3 is 0 Å². The Morgan fingerprint density at radius 3 is 2.77 bits per heavy atom. The van der Waals surface area contributed by atoms with Gasteiger partial charge in [-0.25, -0.2) is 4.98 Å². The maximum atomic E-state index is 4.52. The second-order valence-electron chi connectivity index (χ2n) is 3.32. The van der Waals surface area contributed by atoms with E-state index in [1.807, 2.05) is 7.05 Å². The molecule has 74 valence electrons. The van der Waals surface area contributed by atoms with Crippen LogP contribution in [0.3, 0.4) is 0 Å². The Hall–Kier alpha value is -0.830. The smallest absolute Gasteiger partial charge is 0.106 e. The van der Waals surface area contributed by atoms with Crippen LogP contribution in [0, 0.1) is 6.92 Å². The molecule has 1 aromatic rings. The zero-order valence-corrected chi connectivity index (χ0v) is 8.78. The van der Waals surface area contributed by atoms with Crippen LogP contribution in [0.4, 0.5) is 0 Å². The summed E-state index contributed by atoms with van der Waals surface area (Å²) in [7, 11) is 1.98. The van der Waals surface area contributed by atoms with Gasteiger partial charge in [0.2, 0.25) is 0 Å². The van der Waals surface area contributed by atoms with Crippen LogP contribution in [-0.4, -0.2) is 23.6 Å². The Balaban J connectivity index is 2.48. The van der Waals surface area contributed by atoms with E-state index in [0.29, 0.717) is 0 Å². The van der Waals surface area contributed by atoms with Crippen molar-refractivity contribution in [2.45, 2.75) is 33.1 Å². The number of H-pyrrole nitrogens is 1. The van der Waals surface area contributed by atoms with Crippen LogP contribution < -0.4 is 5.32 Å². The van der Waals surface area contributed by atoms with Gasteiger partial charge in [0.15, 0.2) is 0 Å². The van der Waals surface area contributed by atoms with Crippen molar-refractivity contribution in [2.75, 3.05) is 13.6 Å². The molecule has 3 heteroatoms. The summed E-state index contributed by atoms with van der Waals surface area (Å²) in [5.41, 5.74) is 2.43. The van der Waals surface area contributed by atoms with Gasteiger partial charge in [-0.1, -0.05) is 6.92 Å². The highest BCUT2D eigenvalue weighted by atomic mass is 14.9. The third-order valence-corrected chi connectivity index (χ3v) is 2.21. The number of imidazole rings is 1. The van der Waals surface area contributed by atoms with Crippen LogP contribution in [0.25, 0.3) is 0 Å². The average Bonchev–Trinajstić information content (AvgIpc) is 2.47. The molecule has 0 saturated carbocycles. The normalized spacial score (nSPS) is 10.7. The van der Waals surface area contributed by atoms with Crippen LogP contribution >= 0.6 is 0 Å². The van der Waals surface area contributed by atoms with Crippen molar-refractivity contribution in [1.82, 2.24) is 15.3 Å². The first-order chi connectivity index (χ1) is 6.27. The molecule has 2 N–H and O–H groups in total. The Morgan fingerprint density at radius 2 is 2.23 bits per heavy atom. The largest absolute Gasteiger partial charge is 0.346 e. The molecule has 0 bridgehead atoms. The van der Waals surface area contributed by atoms with Crippen molar-refractivity contribution in [3.63, 3.8) is 0 Å². The van der Waals surface area contributed by atoms with Crippen molar-refractivity contribution in [2.24, 2.45) is 0 Å². The summed E-state index contributed by atoms with van der Waals surface area (Å²) < 4.78 is 0. The van der Waals surface area contributed by atoms with Crippen LogP contribution in [0.1, 0.15) is 30.6 Å². The molecule has 1 aromatic heterocycles. The van der Waals surface area contributed by atoms with Gasteiger partial charge in [-0.15, -0.1) is 0 Å². The first-order valence-corrected chi connectivity index (χ1v) is 4.96. The van der Waals surface area contributed by atoms with Gasteiger partial charge in [0.05, 0.1) is 5.69 Å². The van der Waals surface area contributed by atoms with Crippen molar-refractivity contribution >= 4 is 0 Å². The summed E-state index contributed by atoms with van der Waals surface area (Å²) in [6.07, 6.45) is 3.21. The van der Waals surface area contributed by atoms with E-state index in [4.69, 9.17) is 0 Å². The molecule has 0 unspecified atom stereocenters. The van der Waals surface area contributed by atoms with E-state index < -0.39 is 0 Å². The van der Waals surface area contributed by atoms with Gasteiger partial charge < -0.3 is 10.3 Å². The summed E-state index contributed by atoms with van der Waals surface area (Å²) in [6.45, 7) is 5.29. The highest BCUT2D eigenvalue weighted by molar-refractivity contribution is 5.12. The quantitative estimate of drug-likeness (QED) is 0.675. The lowest BCUT2D eigenvalue weighted by atomic mass is 10.3. The zero-order valence-electron chi connectivity index (χ0n) is 8.78. The number of rotatable bonds is 5. The van der Waals surface area contributed by atoms with Crippen LogP contribution in [-0.2, 0) is 12.8 Å². The molecule has 0 spiro atoms. The molecule has 0 aromatic carbocycles. The topological polar surface area (TPSA) is 40.7 Å². The minimum atomic E-state index is 1.02. The van der Waals surface area contributed by atoms with Gasteiger partial charge in [0.1, 0.15) is 5.82 Å². The first-order valence-electron chi connectivity index (χ1n) is 4.96. The molecule has 3 nitrogen and oxygen atoms in total. The number of hydrogen-bond donors (Lipinski definition) is 2. The van der Waals surface area contributed by atoms with Crippen LogP contribution in [0.2, 0.25) is 0 Å². The van der Waals surface area contributed by atoms with E-state index in [-0.39, 0.29) is 0 Å². The summed E-state index contributed by atoms with van der Waals surface area (Å²) in [6, 6.07) is 0. The highest BCUT2D eigenvalue weighted by Crippen LogP contribution is 2.06. The van der Waals surface area contributed by atoms with Crippen molar-refractivity contribution in [3.05, 3.63) is 17.2 Å². The van der Waals surface area contributed by atoms with Gasteiger partial charge in [0.25, 0.3) is 0 Å². The second kappa shape index (κ2) is 5.02. The van der Waals surface area contributed by atoms with Crippen molar-refractivity contribution < 1.29 is 0 Å². The average molecular weight is 181 g/mol. The number of aromatic nitrogens is 2. The minimum absolute atomic E-state index is 1.02. The summed E-state index contributed by atoms with van der Waals surface area (Å²) in [5, 5.41) is 3.13. The Bertz CT molecular complexity index is 253. The molecule has 0 aliphatic heterocycles. The SMILES string of the molecule is CCc1nc(CCCNC)[nH]c1C. The van der Waals surface area contributed by atoms with Crippen LogP contribution in [0.15, 0.2) is 0 Å². The highest BCUT2D eigenvalue weighted by Gasteiger charge is 2.03. The number of nitrogens with one attached hydrogen (secondary N) is 2. The van der Waals surface area contributed by atoms with E-state index in [1.54, 1.807) is 0 Å². The predicted molar refractivity (Wildman–Crippen MR) is 55.0 cm³/mol. The molecule has 0 atom stereocenters. The molecule has 0 saturated heterocycles. The molecule has 0 aliphatic rings. The molecule has 0 amide bonds. The van der Waals surface area contributed by atoms with E-state index in [2.05, 4.69) is 29.1 Å². The predicted octanol–water partition coefficient (Wildman–Crippen LogP) is 1.43. The number of aromatic amines is 1. The Kier molecular flexibility index (Phi) is 3.96. The molecular weight excluding hydrogens is 162 g/mol. The third-order valence-electron chi connectivity index (χ3n) is 2.21. The maximum Gasteiger partial charge on any atom is 0.106 e. The molecule has 0 radical (unpaired) electrons. The van der Waals surface area contributed by atoms with Gasteiger partial charge in [0, 0.05) is 12.1 Å². The minimum Gasteiger partial charge on any atom is -0.346 e. The molecule has 13 heavy (non-hydrogen) atoms. The maximum absolute atomic E-state index is 4.52. The molecule has 0 aliphatic carbocycles. The van der Waals surface area contributed by atoms with Crippen molar-refractivity contribution in [1.29, 1.82) is 0 Å². The Morgan fingerprint density at radius 1 is 1.46 bits per heavy atom. The monoisotopic (exact) mass is 181 g/mol. The molecular formula is C10H19N3. The van der Waals surface area contributed by atoms with Gasteiger partial charge in [-0.2, -0.15) is 0 Å². The molecule has 0 fully saturated rings. The molecule has 1 rings (SSSR count). The fourth-order valence-corrected chi connectivity index (χ4v) is 1.46. The van der Waals surface area contributed by atoms with Gasteiger partial charge in [-0.3, -0.25) is 0 Å². The molecule has 1 heterocycles. The zero-order chi connectivity index (χ0) is 9.68. The lowest BCUT2D eigenvalue weighted by Gasteiger charge is -1.95. The van der Waals surface area contributed by atoms with E-state index in [9.17, 15) is 0 Å². The third kappa shape index (κ3) is 2.84. The summed E-state index contributed by atoms with van der Waals surface area (Å²) >= 11 is 0. The second-order valence-corrected chi connectivity index (χ2v) is 3.32. The lowest BCUT2D eigenvalue weighted by Crippen LogP contribution is -2.08. The Labute approximate surface area is 80.0 Å². The number of aryl methyl sites for hydroxylation is 3. The fourth-order valence-electron chi connectivity index (χ4n) is 1.46. The fraction of sp³-hybridized carbons (Fsp3) is 0.700. The van der Waals surface area contributed by atoms with E-state index in [0.717, 1.165) is 31.6 Å². The summed E-state index contributed by atoms with van der Waals surface area (Å²) in [4.78, 5) is 7.83. The summed E-state index contributed by atoms with van der Waals surface area (Å²) in [5.74, 6) is 1.13. The van der Waals surface area contributed by atoms with Gasteiger partial charge in [-0.05, 0) is 33.4 Å². The van der Waals surface area contributed by atoms with Crippen LogP contribution in [0.5, 0.6) is 0 Å². The van der Waals surface area contributed by atoms with E-state index in [1.165, 1.54) is 11.4 Å².